The van der Waals surface area contributed by atoms with Crippen molar-refractivity contribution in [1.29, 1.82) is 0 Å². The van der Waals surface area contributed by atoms with Gasteiger partial charge in [-0.1, -0.05) is 12.1 Å². The van der Waals surface area contributed by atoms with E-state index in [1.165, 1.54) is 0 Å². The second kappa shape index (κ2) is 7.24. The fourth-order valence-corrected chi connectivity index (χ4v) is 2.09. The molecular formula is C15H21ClN4O. The predicted molar refractivity (Wildman–Crippen MR) is 85.4 cm³/mol. The van der Waals surface area contributed by atoms with Crippen molar-refractivity contribution >= 4 is 18.3 Å². The highest BCUT2D eigenvalue weighted by Crippen LogP contribution is 2.16. The molecule has 0 spiro atoms. The SMILES string of the molecule is Cc1c(C(C)NC(=O)c2ccc(CN)cc2)cnn1C.Cl. The summed E-state index contributed by atoms with van der Waals surface area (Å²) in [6.07, 6.45) is 1.79. The molecule has 0 aliphatic carbocycles. The summed E-state index contributed by atoms with van der Waals surface area (Å²) in [5, 5.41) is 7.17. The Morgan fingerprint density at radius 1 is 1.38 bits per heavy atom. The maximum Gasteiger partial charge on any atom is 0.251 e. The van der Waals surface area contributed by atoms with Crippen LogP contribution in [-0.4, -0.2) is 15.7 Å². The number of nitrogens with zero attached hydrogens (tertiary/aromatic N) is 2. The number of aromatic nitrogens is 2. The van der Waals surface area contributed by atoms with Gasteiger partial charge in [0.1, 0.15) is 0 Å². The van der Waals surface area contributed by atoms with E-state index in [1.807, 2.05) is 33.0 Å². The van der Waals surface area contributed by atoms with E-state index >= 15 is 0 Å². The zero-order valence-electron chi connectivity index (χ0n) is 12.5. The molecular weight excluding hydrogens is 288 g/mol. The van der Waals surface area contributed by atoms with Crippen molar-refractivity contribution in [2.45, 2.75) is 26.4 Å². The van der Waals surface area contributed by atoms with Crippen molar-refractivity contribution in [2.75, 3.05) is 0 Å². The van der Waals surface area contributed by atoms with Gasteiger partial charge in [-0.05, 0) is 31.5 Å². The van der Waals surface area contributed by atoms with Crippen molar-refractivity contribution in [3.8, 4) is 0 Å². The Morgan fingerprint density at radius 3 is 2.48 bits per heavy atom. The minimum absolute atomic E-state index is 0. The van der Waals surface area contributed by atoms with Crippen molar-refractivity contribution < 1.29 is 4.79 Å². The lowest BCUT2D eigenvalue weighted by atomic mass is 10.1. The van der Waals surface area contributed by atoms with E-state index in [2.05, 4.69) is 10.4 Å². The zero-order chi connectivity index (χ0) is 14.7. The van der Waals surface area contributed by atoms with Gasteiger partial charge in [-0.3, -0.25) is 9.48 Å². The third-order valence-electron chi connectivity index (χ3n) is 3.54. The molecule has 1 heterocycles. The van der Waals surface area contributed by atoms with E-state index in [0.29, 0.717) is 12.1 Å². The average Bonchev–Trinajstić information content (AvgIpc) is 2.79. The quantitative estimate of drug-likeness (QED) is 0.908. The molecule has 0 fully saturated rings. The number of amides is 1. The molecule has 6 heteroatoms. The van der Waals surface area contributed by atoms with Crippen LogP contribution < -0.4 is 11.1 Å². The Kier molecular flexibility index (Phi) is 5.93. The second-order valence-electron chi connectivity index (χ2n) is 4.91. The van der Waals surface area contributed by atoms with Gasteiger partial charge in [-0.15, -0.1) is 12.4 Å². The molecule has 1 amide bonds. The van der Waals surface area contributed by atoms with Gasteiger partial charge in [0.15, 0.2) is 0 Å². The molecule has 1 atom stereocenters. The summed E-state index contributed by atoms with van der Waals surface area (Å²) in [6, 6.07) is 7.25. The smallest absolute Gasteiger partial charge is 0.251 e. The lowest BCUT2D eigenvalue weighted by Crippen LogP contribution is -2.26. The lowest BCUT2D eigenvalue weighted by molar-refractivity contribution is 0.0940. The number of rotatable bonds is 4. The van der Waals surface area contributed by atoms with E-state index in [-0.39, 0.29) is 24.4 Å². The largest absolute Gasteiger partial charge is 0.345 e. The third-order valence-corrected chi connectivity index (χ3v) is 3.54. The Bertz CT molecular complexity index is 607. The number of benzene rings is 1. The van der Waals surface area contributed by atoms with Crippen molar-refractivity contribution in [3.05, 3.63) is 52.8 Å². The average molecular weight is 309 g/mol. The third kappa shape index (κ3) is 3.83. The van der Waals surface area contributed by atoms with Crippen LogP contribution in [-0.2, 0) is 13.6 Å². The van der Waals surface area contributed by atoms with Gasteiger partial charge in [0, 0.05) is 30.4 Å². The second-order valence-corrected chi connectivity index (χ2v) is 4.91. The van der Waals surface area contributed by atoms with Gasteiger partial charge in [-0.2, -0.15) is 5.10 Å². The highest BCUT2D eigenvalue weighted by molar-refractivity contribution is 5.94. The molecule has 0 aliphatic heterocycles. The van der Waals surface area contributed by atoms with Gasteiger partial charge in [0.05, 0.1) is 12.2 Å². The first-order valence-electron chi connectivity index (χ1n) is 6.61. The van der Waals surface area contributed by atoms with Gasteiger partial charge >= 0.3 is 0 Å². The molecule has 114 valence electrons. The Morgan fingerprint density at radius 2 is 2.00 bits per heavy atom. The fourth-order valence-electron chi connectivity index (χ4n) is 2.09. The summed E-state index contributed by atoms with van der Waals surface area (Å²) < 4.78 is 1.80. The van der Waals surface area contributed by atoms with Crippen molar-refractivity contribution in [3.63, 3.8) is 0 Å². The van der Waals surface area contributed by atoms with Crippen LogP contribution in [0.2, 0.25) is 0 Å². The number of nitrogens with one attached hydrogen (secondary N) is 1. The molecule has 0 bridgehead atoms. The van der Waals surface area contributed by atoms with E-state index in [4.69, 9.17) is 5.73 Å². The number of carbonyl (C=O) groups excluding carboxylic acids is 1. The number of carbonyl (C=O) groups is 1. The molecule has 2 aromatic rings. The molecule has 1 unspecified atom stereocenters. The van der Waals surface area contributed by atoms with Crippen LogP contribution in [0, 0.1) is 6.92 Å². The fraction of sp³-hybridized carbons (Fsp3) is 0.333. The van der Waals surface area contributed by atoms with Crippen molar-refractivity contribution in [1.82, 2.24) is 15.1 Å². The molecule has 2 rings (SSSR count). The molecule has 1 aromatic carbocycles. The first-order chi connectivity index (χ1) is 9.52. The van der Waals surface area contributed by atoms with E-state index in [9.17, 15) is 4.79 Å². The lowest BCUT2D eigenvalue weighted by Gasteiger charge is -2.14. The first-order valence-corrected chi connectivity index (χ1v) is 6.61. The highest BCUT2D eigenvalue weighted by atomic mass is 35.5. The molecule has 1 aromatic heterocycles. The molecule has 21 heavy (non-hydrogen) atoms. The molecule has 0 aliphatic rings. The number of nitrogens with two attached hydrogens (primary N) is 1. The topological polar surface area (TPSA) is 72.9 Å². The van der Waals surface area contributed by atoms with Crippen LogP contribution in [0.4, 0.5) is 0 Å². The minimum atomic E-state index is -0.0932. The first kappa shape index (κ1) is 17.2. The van der Waals surface area contributed by atoms with Gasteiger partial charge in [0.2, 0.25) is 0 Å². The summed E-state index contributed by atoms with van der Waals surface area (Å²) in [4.78, 5) is 12.2. The molecule has 0 radical (unpaired) electrons. The maximum atomic E-state index is 12.2. The molecule has 0 saturated heterocycles. The summed E-state index contributed by atoms with van der Waals surface area (Å²) >= 11 is 0. The van der Waals surface area contributed by atoms with Crippen LogP contribution in [0.1, 0.15) is 40.1 Å². The Labute approximate surface area is 130 Å². The minimum Gasteiger partial charge on any atom is -0.345 e. The van der Waals surface area contributed by atoms with E-state index in [0.717, 1.165) is 16.8 Å². The Hall–Kier alpha value is -1.85. The van der Waals surface area contributed by atoms with Crippen LogP contribution >= 0.6 is 12.4 Å². The number of hydrogen-bond acceptors (Lipinski definition) is 3. The predicted octanol–water partition coefficient (Wildman–Crippen LogP) is 2.10. The van der Waals surface area contributed by atoms with Crippen LogP contribution in [0.3, 0.4) is 0 Å². The van der Waals surface area contributed by atoms with Gasteiger partial charge in [-0.25, -0.2) is 0 Å². The number of aryl methyl sites for hydroxylation is 1. The van der Waals surface area contributed by atoms with Crippen LogP contribution in [0.25, 0.3) is 0 Å². The van der Waals surface area contributed by atoms with Crippen LogP contribution in [0.5, 0.6) is 0 Å². The summed E-state index contributed by atoms with van der Waals surface area (Å²) in [5.74, 6) is -0.0932. The zero-order valence-corrected chi connectivity index (χ0v) is 13.3. The maximum absolute atomic E-state index is 12.2. The monoisotopic (exact) mass is 308 g/mol. The summed E-state index contributed by atoms with van der Waals surface area (Å²) in [7, 11) is 1.89. The standard InChI is InChI=1S/C15H20N4O.ClH/c1-10(14-9-17-19(3)11(14)2)18-15(20)13-6-4-12(8-16)5-7-13;/h4-7,9-10H,8,16H2,1-3H3,(H,18,20);1H. The van der Waals surface area contributed by atoms with Gasteiger partial charge in [0.25, 0.3) is 5.91 Å². The number of halogens is 1. The molecule has 0 saturated carbocycles. The number of hydrogen-bond donors (Lipinski definition) is 2. The van der Waals surface area contributed by atoms with Crippen LogP contribution in [0.15, 0.2) is 30.5 Å². The normalized spacial score (nSPS) is 11.6. The van der Waals surface area contributed by atoms with Crippen molar-refractivity contribution in [2.24, 2.45) is 12.8 Å². The van der Waals surface area contributed by atoms with E-state index < -0.39 is 0 Å². The van der Waals surface area contributed by atoms with Gasteiger partial charge < -0.3 is 11.1 Å². The highest BCUT2D eigenvalue weighted by Gasteiger charge is 2.15. The molecule has 5 nitrogen and oxygen atoms in total. The summed E-state index contributed by atoms with van der Waals surface area (Å²) in [6.45, 7) is 4.42. The Balaban J connectivity index is 0.00000220. The van der Waals surface area contributed by atoms with E-state index in [1.54, 1.807) is 23.0 Å². The molecule has 3 N–H and O–H groups in total. The summed E-state index contributed by atoms with van der Waals surface area (Å²) in [5.41, 5.74) is 9.27.